The normalized spacial score (nSPS) is 9.21. The van der Waals surface area contributed by atoms with Gasteiger partial charge in [-0.25, -0.2) is 0 Å². The molecule has 2 aromatic rings. The molecule has 0 spiro atoms. The summed E-state index contributed by atoms with van der Waals surface area (Å²) in [5, 5.41) is 0. The van der Waals surface area contributed by atoms with Crippen LogP contribution in [-0.4, -0.2) is 4.98 Å². The lowest BCUT2D eigenvalue weighted by molar-refractivity contribution is 1.33. The Morgan fingerprint density at radius 1 is 1.00 bits per heavy atom. The van der Waals surface area contributed by atoms with E-state index in [1.165, 1.54) is 16.7 Å². The lowest BCUT2D eigenvalue weighted by Gasteiger charge is -2.00. The van der Waals surface area contributed by atoms with E-state index >= 15 is 0 Å². The van der Waals surface area contributed by atoms with Gasteiger partial charge >= 0.3 is 0 Å². The molecule has 0 saturated heterocycles. The lowest BCUT2D eigenvalue weighted by atomic mass is 10.1. The van der Waals surface area contributed by atoms with Gasteiger partial charge in [0.25, 0.3) is 0 Å². The van der Waals surface area contributed by atoms with Crippen molar-refractivity contribution in [2.75, 3.05) is 0 Å². The van der Waals surface area contributed by atoms with Crippen LogP contribution in [-0.2, 0) is 0 Å². The van der Waals surface area contributed by atoms with E-state index in [1.54, 1.807) is 6.20 Å². The molecule has 72 valence electrons. The molecule has 0 saturated carbocycles. The number of nitrogens with zero attached hydrogens (tertiary/aromatic N) is 1. The van der Waals surface area contributed by atoms with Gasteiger partial charge in [0.1, 0.15) is 0 Å². The van der Waals surface area contributed by atoms with Crippen LogP contribution in [0.15, 0.2) is 48.8 Å². The third kappa shape index (κ3) is 2.33. The Labute approximate surface area is 90.2 Å². The van der Waals surface area contributed by atoms with Crippen LogP contribution in [0.4, 0.5) is 0 Å². The van der Waals surface area contributed by atoms with Gasteiger partial charge < -0.3 is 0 Å². The SMILES string of the molecule is Cc1cccc(-c2cccnc2)c1.Cl. The Morgan fingerprint density at radius 2 is 1.79 bits per heavy atom. The fourth-order valence-corrected chi connectivity index (χ4v) is 1.36. The van der Waals surface area contributed by atoms with Crippen molar-refractivity contribution in [2.24, 2.45) is 0 Å². The zero-order chi connectivity index (χ0) is 9.10. The van der Waals surface area contributed by atoms with Crippen LogP contribution >= 0.6 is 12.4 Å². The average molecular weight is 206 g/mol. The molecule has 0 amide bonds. The summed E-state index contributed by atoms with van der Waals surface area (Å²) < 4.78 is 0. The summed E-state index contributed by atoms with van der Waals surface area (Å²) in [6.07, 6.45) is 3.67. The van der Waals surface area contributed by atoms with E-state index in [-0.39, 0.29) is 12.4 Å². The number of aromatic nitrogens is 1. The third-order valence-corrected chi connectivity index (χ3v) is 2.01. The van der Waals surface area contributed by atoms with Gasteiger partial charge in [0, 0.05) is 12.4 Å². The molecule has 2 rings (SSSR count). The number of rotatable bonds is 1. The highest BCUT2D eigenvalue weighted by molar-refractivity contribution is 5.85. The van der Waals surface area contributed by atoms with Crippen molar-refractivity contribution in [3.63, 3.8) is 0 Å². The second kappa shape index (κ2) is 4.77. The summed E-state index contributed by atoms with van der Waals surface area (Å²) in [7, 11) is 0. The summed E-state index contributed by atoms with van der Waals surface area (Å²) in [6, 6.07) is 12.5. The van der Waals surface area contributed by atoms with E-state index in [2.05, 4.69) is 42.2 Å². The monoisotopic (exact) mass is 205 g/mol. The van der Waals surface area contributed by atoms with Crippen molar-refractivity contribution in [3.8, 4) is 11.1 Å². The second-order valence-electron chi connectivity index (χ2n) is 3.11. The minimum Gasteiger partial charge on any atom is -0.264 e. The van der Waals surface area contributed by atoms with E-state index in [0.29, 0.717) is 0 Å². The molecule has 1 aromatic heterocycles. The van der Waals surface area contributed by atoms with Crippen LogP contribution in [0.2, 0.25) is 0 Å². The second-order valence-corrected chi connectivity index (χ2v) is 3.11. The summed E-state index contributed by atoms with van der Waals surface area (Å²) in [5.41, 5.74) is 3.68. The van der Waals surface area contributed by atoms with Gasteiger partial charge in [-0.1, -0.05) is 35.9 Å². The van der Waals surface area contributed by atoms with Crippen LogP contribution in [0, 0.1) is 6.92 Å². The van der Waals surface area contributed by atoms with E-state index in [0.717, 1.165) is 0 Å². The van der Waals surface area contributed by atoms with Gasteiger partial charge in [-0.3, -0.25) is 4.98 Å². The molecular formula is C12H12ClN. The molecule has 0 bridgehead atoms. The molecule has 1 aromatic carbocycles. The first kappa shape index (κ1) is 10.7. The lowest BCUT2D eigenvalue weighted by Crippen LogP contribution is -1.79. The number of halogens is 1. The van der Waals surface area contributed by atoms with Crippen molar-refractivity contribution in [3.05, 3.63) is 54.4 Å². The van der Waals surface area contributed by atoms with E-state index in [1.807, 2.05) is 12.3 Å². The first-order valence-electron chi connectivity index (χ1n) is 4.33. The standard InChI is InChI=1S/C12H11N.ClH/c1-10-4-2-5-11(8-10)12-6-3-7-13-9-12;/h2-9H,1H3;1H. The minimum atomic E-state index is 0. The van der Waals surface area contributed by atoms with Crippen molar-refractivity contribution >= 4 is 12.4 Å². The number of hydrogen-bond donors (Lipinski definition) is 0. The zero-order valence-corrected chi connectivity index (χ0v) is 8.79. The van der Waals surface area contributed by atoms with Crippen molar-refractivity contribution in [1.82, 2.24) is 4.98 Å². The predicted octanol–water partition coefficient (Wildman–Crippen LogP) is 3.48. The Morgan fingerprint density at radius 3 is 2.43 bits per heavy atom. The first-order valence-corrected chi connectivity index (χ1v) is 4.33. The van der Waals surface area contributed by atoms with Gasteiger partial charge in [-0.15, -0.1) is 12.4 Å². The van der Waals surface area contributed by atoms with Gasteiger partial charge in [-0.05, 0) is 24.1 Å². The van der Waals surface area contributed by atoms with E-state index in [4.69, 9.17) is 0 Å². The maximum Gasteiger partial charge on any atom is 0.0346 e. The topological polar surface area (TPSA) is 12.9 Å². The molecule has 0 fully saturated rings. The Balaban J connectivity index is 0.000000980. The van der Waals surface area contributed by atoms with Crippen LogP contribution < -0.4 is 0 Å². The molecule has 0 atom stereocenters. The summed E-state index contributed by atoms with van der Waals surface area (Å²) in [4.78, 5) is 4.09. The number of aryl methyl sites for hydroxylation is 1. The van der Waals surface area contributed by atoms with E-state index in [9.17, 15) is 0 Å². The predicted molar refractivity (Wildman–Crippen MR) is 61.7 cm³/mol. The van der Waals surface area contributed by atoms with Crippen molar-refractivity contribution in [2.45, 2.75) is 6.92 Å². The quantitative estimate of drug-likeness (QED) is 0.695. The summed E-state index contributed by atoms with van der Waals surface area (Å²) in [6.45, 7) is 2.10. The highest BCUT2D eigenvalue weighted by Crippen LogP contribution is 2.18. The summed E-state index contributed by atoms with van der Waals surface area (Å²) in [5.74, 6) is 0. The Hall–Kier alpha value is -1.34. The Bertz CT molecular complexity index is 398. The number of benzene rings is 1. The molecule has 0 radical (unpaired) electrons. The molecule has 0 unspecified atom stereocenters. The maximum absolute atomic E-state index is 4.09. The highest BCUT2D eigenvalue weighted by Gasteiger charge is 1.95. The van der Waals surface area contributed by atoms with Crippen LogP contribution in [0.3, 0.4) is 0 Å². The van der Waals surface area contributed by atoms with Crippen LogP contribution in [0.25, 0.3) is 11.1 Å². The third-order valence-electron chi connectivity index (χ3n) is 2.01. The number of hydrogen-bond acceptors (Lipinski definition) is 1. The Kier molecular flexibility index (Phi) is 3.66. The summed E-state index contributed by atoms with van der Waals surface area (Å²) >= 11 is 0. The average Bonchev–Trinajstić information content (AvgIpc) is 2.19. The molecule has 2 heteroatoms. The number of pyridine rings is 1. The minimum absolute atomic E-state index is 0. The molecule has 1 heterocycles. The largest absolute Gasteiger partial charge is 0.264 e. The molecular weight excluding hydrogens is 194 g/mol. The van der Waals surface area contributed by atoms with Gasteiger partial charge in [0.15, 0.2) is 0 Å². The fraction of sp³-hybridized carbons (Fsp3) is 0.0833. The van der Waals surface area contributed by atoms with Crippen LogP contribution in [0.5, 0.6) is 0 Å². The van der Waals surface area contributed by atoms with Gasteiger partial charge in [-0.2, -0.15) is 0 Å². The molecule has 0 aliphatic carbocycles. The molecule has 14 heavy (non-hydrogen) atoms. The molecule has 1 nitrogen and oxygen atoms in total. The van der Waals surface area contributed by atoms with E-state index < -0.39 is 0 Å². The smallest absolute Gasteiger partial charge is 0.0346 e. The van der Waals surface area contributed by atoms with Crippen molar-refractivity contribution < 1.29 is 0 Å². The molecule has 0 aliphatic rings. The molecule has 0 N–H and O–H groups in total. The van der Waals surface area contributed by atoms with Crippen LogP contribution in [0.1, 0.15) is 5.56 Å². The van der Waals surface area contributed by atoms with Gasteiger partial charge in [0.05, 0.1) is 0 Å². The van der Waals surface area contributed by atoms with Gasteiger partial charge in [0.2, 0.25) is 0 Å². The molecule has 0 aliphatic heterocycles. The highest BCUT2D eigenvalue weighted by atomic mass is 35.5. The fourth-order valence-electron chi connectivity index (χ4n) is 1.36. The zero-order valence-electron chi connectivity index (χ0n) is 7.97. The first-order chi connectivity index (χ1) is 6.36. The van der Waals surface area contributed by atoms with Crippen molar-refractivity contribution in [1.29, 1.82) is 0 Å². The maximum atomic E-state index is 4.09.